The van der Waals surface area contributed by atoms with Gasteiger partial charge in [0, 0.05) is 26.3 Å². The molecule has 0 bridgehead atoms. The molecule has 1 rings (SSSR count). The van der Waals surface area contributed by atoms with E-state index in [4.69, 9.17) is 0 Å². The molecule has 0 saturated heterocycles. The highest BCUT2D eigenvalue weighted by atomic mass is 32.2. The SMILES string of the molecule is CCCCCN(C(=O)O)c1ccc(S(=O)(=O)N(C)C)cc1. The Kier molecular flexibility index (Phi) is 6.17. The van der Waals surface area contributed by atoms with E-state index in [1.165, 1.54) is 43.3 Å². The molecule has 0 radical (unpaired) electrons. The summed E-state index contributed by atoms with van der Waals surface area (Å²) in [4.78, 5) is 12.7. The highest BCUT2D eigenvalue weighted by molar-refractivity contribution is 7.89. The van der Waals surface area contributed by atoms with E-state index in [-0.39, 0.29) is 4.90 Å². The number of sulfonamides is 1. The van der Waals surface area contributed by atoms with Crippen LogP contribution in [0.3, 0.4) is 0 Å². The van der Waals surface area contributed by atoms with Crippen LogP contribution in [0.1, 0.15) is 26.2 Å². The van der Waals surface area contributed by atoms with E-state index in [0.29, 0.717) is 12.2 Å². The molecule has 0 aliphatic carbocycles. The van der Waals surface area contributed by atoms with Crippen LogP contribution >= 0.6 is 0 Å². The van der Waals surface area contributed by atoms with Crippen LogP contribution in [-0.4, -0.2) is 44.6 Å². The third kappa shape index (κ3) is 4.44. The van der Waals surface area contributed by atoms with Crippen molar-refractivity contribution in [3.05, 3.63) is 24.3 Å². The maximum absolute atomic E-state index is 12.0. The summed E-state index contributed by atoms with van der Waals surface area (Å²) >= 11 is 0. The van der Waals surface area contributed by atoms with E-state index in [1.807, 2.05) is 6.92 Å². The number of anilines is 1. The summed E-state index contributed by atoms with van der Waals surface area (Å²) in [5, 5.41) is 9.24. The molecule has 6 nitrogen and oxygen atoms in total. The summed E-state index contributed by atoms with van der Waals surface area (Å²) in [6.45, 7) is 2.45. The zero-order valence-corrected chi connectivity index (χ0v) is 13.4. The van der Waals surface area contributed by atoms with E-state index < -0.39 is 16.1 Å². The second-order valence-electron chi connectivity index (χ2n) is 4.92. The number of carboxylic acid groups (broad SMARTS) is 1. The normalized spacial score (nSPS) is 11.6. The maximum atomic E-state index is 12.0. The molecule has 0 unspecified atom stereocenters. The smallest absolute Gasteiger partial charge is 0.411 e. The lowest BCUT2D eigenvalue weighted by molar-refractivity contribution is 0.201. The van der Waals surface area contributed by atoms with Crippen LogP contribution in [0.2, 0.25) is 0 Å². The highest BCUT2D eigenvalue weighted by Gasteiger charge is 2.19. The van der Waals surface area contributed by atoms with Gasteiger partial charge in [-0.05, 0) is 30.7 Å². The fourth-order valence-corrected chi connectivity index (χ4v) is 2.77. The van der Waals surface area contributed by atoms with Crippen molar-refractivity contribution in [1.82, 2.24) is 4.31 Å². The molecule has 0 atom stereocenters. The average molecular weight is 314 g/mol. The van der Waals surface area contributed by atoms with E-state index >= 15 is 0 Å². The van der Waals surface area contributed by atoms with Crippen molar-refractivity contribution >= 4 is 21.8 Å². The summed E-state index contributed by atoms with van der Waals surface area (Å²) in [5.74, 6) is 0. The van der Waals surface area contributed by atoms with Crippen LogP contribution in [-0.2, 0) is 10.0 Å². The van der Waals surface area contributed by atoms with Crippen LogP contribution in [0.4, 0.5) is 10.5 Å². The summed E-state index contributed by atoms with van der Waals surface area (Å²) < 4.78 is 25.0. The van der Waals surface area contributed by atoms with Crippen molar-refractivity contribution in [3.63, 3.8) is 0 Å². The topological polar surface area (TPSA) is 77.9 Å². The molecule has 7 heteroatoms. The van der Waals surface area contributed by atoms with Gasteiger partial charge in [-0.25, -0.2) is 17.5 Å². The van der Waals surface area contributed by atoms with Crippen LogP contribution in [0.5, 0.6) is 0 Å². The van der Waals surface area contributed by atoms with Gasteiger partial charge in [-0.2, -0.15) is 0 Å². The predicted molar refractivity (Wildman–Crippen MR) is 82.2 cm³/mol. The lowest BCUT2D eigenvalue weighted by Crippen LogP contribution is -2.30. The van der Waals surface area contributed by atoms with Crippen LogP contribution in [0.25, 0.3) is 0 Å². The first-order valence-electron chi connectivity index (χ1n) is 6.83. The minimum atomic E-state index is -3.49. The molecule has 0 aliphatic rings. The second-order valence-corrected chi connectivity index (χ2v) is 7.07. The summed E-state index contributed by atoms with van der Waals surface area (Å²) in [6.07, 6.45) is 1.71. The van der Waals surface area contributed by atoms with Gasteiger partial charge in [0.2, 0.25) is 10.0 Å². The van der Waals surface area contributed by atoms with Crippen LogP contribution in [0, 0.1) is 0 Å². The Morgan fingerprint density at radius 2 is 1.71 bits per heavy atom. The van der Waals surface area contributed by atoms with Gasteiger partial charge in [0.25, 0.3) is 0 Å². The van der Waals surface area contributed by atoms with Gasteiger partial charge in [0.15, 0.2) is 0 Å². The molecule has 1 N–H and O–H groups in total. The Balaban J connectivity index is 2.96. The summed E-state index contributed by atoms with van der Waals surface area (Å²) in [5.41, 5.74) is 0.483. The molecular formula is C14H22N2O4S. The Morgan fingerprint density at radius 1 is 1.14 bits per heavy atom. The molecular weight excluding hydrogens is 292 g/mol. The Bertz CT molecular complexity index is 567. The maximum Gasteiger partial charge on any atom is 0.411 e. The fourth-order valence-electron chi connectivity index (χ4n) is 1.86. The molecule has 0 spiro atoms. The van der Waals surface area contributed by atoms with Gasteiger partial charge < -0.3 is 5.11 Å². The number of hydrogen-bond acceptors (Lipinski definition) is 3. The van der Waals surface area contributed by atoms with E-state index in [1.54, 1.807) is 0 Å². The zero-order chi connectivity index (χ0) is 16.0. The minimum Gasteiger partial charge on any atom is -0.465 e. The van der Waals surface area contributed by atoms with Gasteiger partial charge in [-0.1, -0.05) is 19.8 Å². The standard InChI is InChI=1S/C14H22N2O4S/c1-4-5-6-11-16(14(17)18)12-7-9-13(10-8-12)21(19,20)15(2)3/h7-10H,4-6,11H2,1-3H3,(H,17,18). The Labute approximate surface area is 126 Å². The molecule has 1 aromatic carbocycles. The first-order valence-corrected chi connectivity index (χ1v) is 8.27. The van der Waals surface area contributed by atoms with Crippen LogP contribution < -0.4 is 4.90 Å². The van der Waals surface area contributed by atoms with Gasteiger partial charge in [0.1, 0.15) is 0 Å². The number of benzene rings is 1. The number of amides is 1. The first kappa shape index (κ1) is 17.5. The lowest BCUT2D eigenvalue weighted by Gasteiger charge is -2.20. The Hall–Kier alpha value is -1.60. The number of hydrogen-bond donors (Lipinski definition) is 1. The number of unbranched alkanes of at least 4 members (excludes halogenated alkanes) is 2. The van der Waals surface area contributed by atoms with Gasteiger partial charge in [-0.15, -0.1) is 0 Å². The van der Waals surface area contributed by atoms with Crippen molar-refractivity contribution in [3.8, 4) is 0 Å². The van der Waals surface area contributed by atoms with Gasteiger partial charge in [0.05, 0.1) is 4.90 Å². The molecule has 1 amide bonds. The molecule has 0 heterocycles. The second kappa shape index (κ2) is 7.42. The molecule has 1 aromatic rings. The van der Waals surface area contributed by atoms with E-state index in [2.05, 4.69) is 0 Å². The molecule has 0 aliphatic heterocycles. The quantitative estimate of drug-likeness (QED) is 0.785. The first-order chi connectivity index (χ1) is 9.80. The van der Waals surface area contributed by atoms with Crippen molar-refractivity contribution in [2.45, 2.75) is 31.1 Å². The number of nitrogens with zero attached hydrogens (tertiary/aromatic N) is 2. The van der Waals surface area contributed by atoms with Crippen molar-refractivity contribution in [1.29, 1.82) is 0 Å². The van der Waals surface area contributed by atoms with Crippen molar-refractivity contribution in [2.75, 3.05) is 25.5 Å². The van der Waals surface area contributed by atoms with Crippen molar-refractivity contribution in [2.24, 2.45) is 0 Å². The fraction of sp³-hybridized carbons (Fsp3) is 0.500. The molecule has 0 saturated carbocycles. The van der Waals surface area contributed by atoms with E-state index in [9.17, 15) is 18.3 Å². The molecule has 21 heavy (non-hydrogen) atoms. The third-order valence-electron chi connectivity index (χ3n) is 3.14. The minimum absolute atomic E-state index is 0.148. The number of carbonyl (C=O) groups is 1. The largest absolute Gasteiger partial charge is 0.465 e. The molecule has 0 fully saturated rings. The van der Waals surface area contributed by atoms with Gasteiger partial charge in [-0.3, -0.25) is 4.90 Å². The molecule has 0 aromatic heterocycles. The highest BCUT2D eigenvalue weighted by Crippen LogP contribution is 2.20. The summed E-state index contributed by atoms with van der Waals surface area (Å²) in [6, 6.07) is 5.91. The number of rotatable bonds is 7. The lowest BCUT2D eigenvalue weighted by atomic mass is 10.2. The van der Waals surface area contributed by atoms with E-state index in [0.717, 1.165) is 23.6 Å². The zero-order valence-electron chi connectivity index (χ0n) is 12.6. The monoisotopic (exact) mass is 314 g/mol. The predicted octanol–water partition coefficient (Wildman–Crippen LogP) is 2.61. The van der Waals surface area contributed by atoms with Gasteiger partial charge >= 0.3 is 6.09 Å². The summed E-state index contributed by atoms with van der Waals surface area (Å²) in [7, 11) is -0.581. The third-order valence-corrected chi connectivity index (χ3v) is 4.97. The molecule has 118 valence electrons. The van der Waals surface area contributed by atoms with Crippen LogP contribution in [0.15, 0.2) is 29.2 Å². The van der Waals surface area contributed by atoms with Crippen molar-refractivity contribution < 1.29 is 18.3 Å². The average Bonchev–Trinajstić information content (AvgIpc) is 2.43. The Morgan fingerprint density at radius 3 is 2.14 bits per heavy atom.